The molecule has 0 aliphatic heterocycles. The van der Waals surface area contributed by atoms with Crippen molar-refractivity contribution >= 4 is 27.5 Å². The van der Waals surface area contributed by atoms with Crippen LogP contribution in [0.2, 0.25) is 0 Å². The smallest absolute Gasteiger partial charge is 0.241 e. The van der Waals surface area contributed by atoms with Crippen molar-refractivity contribution in [3.05, 3.63) is 59.2 Å². The Morgan fingerprint density at radius 1 is 0.935 bits per heavy atom. The first-order valence-electron chi connectivity index (χ1n) is 10.5. The third-order valence-corrected chi connectivity index (χ3v) is 7.00. The van der Waals surface area contributed by atoms with Gasteiger partial charge in [0.25, 0.3) is 0 Å². The van der Waals surface area contributed by atoms with Crippen molar-refractivity contribution in [2.24, 2.45) is 0 Å². The molecule has 0 saturated heterocycles. The number of aryl methyl sites for hydroxylation is 2. The molecule has 3 N–H and O–H groups in total. The second-order valence-corrected chi connectivity index (χ2v) is 9.73. The number of rotatable bonds is 7. The van der Waals surface area contributed by atoms with E-state index in [-0.39, 0.29) is 16.8 Å². The molecule has 0 spiro atoms. The van der Waals surface area contributed by atoms with E-state index >= 15 is 0 Å². The summed E-state index contributed by atoms with van der Waals surface area (Å²) in [6, 6.07) is 10.9. The molecule has 1 unspecified atom stereocenters. The first kappa shape index (κ1) is 23.0. The first-order valence-corrected chi connectivity index (χ1v) is 12.0. The van der Waals surface area contributed by atoms with Crippen LogP contribution in [0.15, 0.2) is 47.4 Å². The number of hydrogen-bond acceptors (Lipinski definition) is 4. The molecule has 2 atom stereocenters. The minimum absolute atomic E-state index is 0.0176. The average Bonchev–Trinajstić information content (AvgIpc) is 2.73. The lowest BCUT2D eigenvalue weighted by Crippen LogP contribution is -2.45. The Morgan fingerprint density at radius 2 is 1.58 bits per heavy atom. The fraction of sp³-hybridized carbons (Fsp3) is 0.391. The van der Waals surface area contributed by atoms with E-state index in [0.29, 0.717) is 5.69 Å². The molecule has 0 fully saturated rings. The molecular weight excluding hydrogens is 414 g/mol. The second-order valence-electron chi connectivity index (χ2n) is 8.01. The van der Waals surface area contributed by atoms with Gasteiger partial charge in [-0.2, -0.15) is 4.72 Å². The highest BCUT2D eigenvalue weighted by Crippen LogP contribution is 2.25. The van der Waals surface area contributed by atoms with Crippen LogP contribution in [0.4, 0.5) is 5.69 Å². The standard InChI is InChI=1S/C23H29N3O4S/c1-15(19-9-8-18-6-4-5-7-20(18)14-19)24-23(28)16(2)26-31(29,30)22-12-10-21(11-13-22)25-17(3)27/h8-16,26H,4-7H2,1-3H3,(H,24,28)(H,25,27)/t15?,16-/m0/s1. The molecule has 3 rings (SSSR count). The second kappa shape index (κ2) is 9.62. The zero-order valence-corrected chi connectivity index (χ0v) is 18.9. The van der Waals surface area contributed by atoms with Crippen LogP contribution in [0.5, 0.6) is 0 Å². The van der Waals surface area contributed by atoms with Crippen molar-refractivity contribution < 1.29 is 18.0 Å². The number of amides is 2. The van der Waals surface area contributed by atoms with Crippen LogP contribution >= 0.6 is 0 Å². The van der Waals surface area contributed by atoms with Gasteiger partial charge in [-0.25, -0.2) is 8.42 Å². The van der Waals surface area contributed by atoms with Crippen molar-refractivity contribution in [1.82, 2.24) is 10.0 Å². The van der Waals surface area contributed by atoms with Gasteiger partial charge < -0.3 is 10.6 Å². The van der Waals surface area contributed by atoms with Crippen LogP contribution in [-0.2, 0) is 32.5 Å². The fourth-order valence-corrected chi connectivity index (χ4v) is 4.92. The summed E-state index contributed by atoms with van der Waals surface area (Å²) in [5, 5.41) is 5.47. The molecule has 166 valence electrons. The van der Waals surface area contributed by atoms with Gasteiger partial charge in [0.05, 0.1) is 17.0 Å². The maximum atomic E-state index is 12.6. The van der Waals surface area contributed by atoms with Gasteiger partial charge in [-0.1, -0.05) is 18.2 Å². The summed E-state index contributed by atoms with van der Waals surface area (Å²) in [6.45, 7) is 4.78. The number of benzene rings is 2. The molecule has 0 bridgehead atoms. The Kier molecular flexibility index (Phi) is 7.12. The highest BCUT2D eigenvalue weighted by molar-refractivity contribution is 7.89. The molecule has 0 aromatic heterocycles. The molecule has 0 heterocycles. The molecular formula is C23H29N3O4S. The number of carbonyl (C=O) groups is 2. The van der Waals surface area contributed by atoms with Gasteiger partial charge in [-0.3, -0.25) is 9.59 Å². The molecule has 0 radical (unpaired) electrons. The Bertz CT molecular complexity index is 1060. The molecule has 1 aliphatic rings. The highest BCUT2D eigenvalue weighted by atomic mass is 32.2. The zero-order chi connectivity index (χ0) is 22.6. The van der Waals surface area contributed by atoms with Crippen molar-refractivity contribution in [3.8, 4) is 0 Å². The molecule has 31 heavy (non-hydrogen) atoms. The Morgan fingerprint density at radius 3 is 2.23 bits per heavy atom. The monoisotopic (exact) mass is 443 g/mol. The third kappa shape index (κ3) is 5.92. The van der Waals surface area contributed by atoms with E-state index in [1.165, 1.54) is 62.1 Å². The van der Waals surface area contributed by atoms with E-state index in [2.05, 4.69) is 27.5 Å². The lowest BCUT2D eigenvalue weighted by atomic mass is 9.89. The maximum Gasteiger partial charge on any atom is 0.241 e. The van der Waals surface area contributed by atoms with E-state index in [4.69, 9.17) is 0 Å². The number of carbonyl (C=O) groups excluding carboxylic acids is 2. The van der Waals surface area contributed by atoms with Crippen LogP contribution in [0, 0.1) is 0 Å². The van der Waals surface area contributed by atoms with Crippen molar-refractivity contribution in [2.45, 2.75) is 63.4 Å². The minimum atomic E-state index is -3.89. The predicted octanol–water partition coefficient (Wildman–Crippen LogP) is 3.07. The van der Waals surface area contributed by atoms with E-state index in [0.717, 1.165) is 18.4 Å². The van der Waals surface area contributed by atoms with Crippen molar-refractivity contribution in [3.63, 3.8) is 0 Å². The molecule has 2 amide bonds. The van der Waals surface area contributed by atoms with Gasteiger partial charge >= 0.3 is 0 Å². The Hall–Kier alpha value is -2.71. The maximum absolute atomic E-state index is 12.6. The molecule has 1 aliphatic carbocycles. The van der Waals surface area contributed by atoms with Crippen LogP contribution < -0.4 is 15.4 Å². The molecule has 7 nitrogen and oxygen atoms in total. The molecule has 2 aromatic rings. The van der Waals surface area contributed by atoms with E-state index in [9.17, 15) is 18.0 Å². The number of anilines is 1. The van der Waals surface area contributed by atoms with Crippen LogP contribution in [-0.4, -0.2) is 26.3 Å². The van der Waals surface area contributed by atoms with Crippen molar-refractivity contribution in [2.75, 3.05) is 5.32 Å². The number of sulfonamides is 1. The van der Waals surface area contributed by atoms with Gasteiger partial charge in [-0.15, -0.1) is 0 Å². The Labute approximate surface area is 183 Å². The molecule has 2 aromatic carbocycles. The van der Waals surface area contributed by atoms with Crippen LogP contribution in [0.3, 0.4) is 0 Å². The third-order valence-electron chi connectivity index (χ3n) is 5.44. The van der Waals surface area contributed by atoms with Gasteiger partial charge in [0.1, 0.15) is 0 Å². The van der Waals surface area contributed by atoms with Crippen molar-refractivity contribution in [1.29, 1.82) is 0 Å². The summed E-state index contributed by atoms with van der Waals surface area (Å²) in [5.74, 6) is -0.643. The Balaban J connectivity index is 1.62. The lowest BCUT2D eigenvalue weighted by Gasteiger charge is -2.21. The summed E-state index contributed by atoms with van der Waals surface area (Å²) in [6.07, 6.45) is 4.55. The van der Waals surface area contributed by atoms with E-state index < -0.39 is 22.0 Å². The normalized spacial score (nSPS) is 15.5. The predicted molar refractivity (Wildman–Crippen MR) is 120 cm³/mol. The summed E-state index contributed by atoms with van der Waals surface area (Å²) < 4.78 is 27.6. The van der Waals surface area contributed by atoms with Crippen LogP contribution in [0.1, 0.15) is 56.3 Å². The lowest BCUT2D eigenvalue weighted by molar-refractivity contribution is -0.123. The quantitative estimate of drug-likeness (QED) is 0.612. The van der Waals surface area contributed by atoms with Gasteiger partial charge in [-0.05, 0) is 80.5 Å². The summed E-state index contributed by atoms with van der Waals surface area (Å²) in [7, 11) is -3.89. The summed E-state index contributed by atoms with van der Waals surface area (Å²) >= 11 is 0. The average molecular weight is 444 g/mol. The molecule has 8 heteroatoms. The zero-order valence-electron chi connectivity index (χ0n) is 18.1. The number of fused-ring (bicyclic) bond motifs is 1. The topological polar surface area (TPSA) is 104 Å². The molecule has 0 saturated carbocycles. The van der Waals surface area contributed by atoms with E-state index in [1.54, 1.807) is 0 Å². The largest absolute Gasteiger partial charge is 0.348 e. The van der Waals surface area contributed by atoms with Gasteiger partial charge in [0.2, 0.25) is 21.8 Å². The first-order chi connectivity index (χ1) is 14.7. The van der Waals surface area contributed by atoms with Gasteiger partial charge in [0, 0.05) is 12.6 Å². The highest BCUT2D eigenvalue weighted by Gasteiger charge is 2.23. The summed E-state index contributed by atoms with van der Waals surface area (Å²) in [5.41, 5.74) is 4.22. The number of nitrogens with one attached hydrogen (secondary N) is 3. The minimum Gasteiger partial charge on any atom is -0.348 e. The summed E-state index contributed by atoms with van der Waals surface area (Å²) in [4.78, 5) is 23.7. The van der Waals surface area contributed by atoms with Gasteiger partial charge in [0.15, 0.2) is 0 Å². The van der Waals surface area contributed by atoms with E-state index in [1.807, 2.05) is 13.0 Å². The van der Waals surface area contributed by atoms with Crippen LogP contribution in [0.25, 0.3) is 0 Å². The SMILES string of the molecule is CC(=O)Nc1ccc(S(=O)(=O)N[C@@H](C)C(=O)NC(C)c2ccc3c(c2)CCCC3)cc1. The number of hydrogen-bond donors (Lipinski definition) is 3. The fourth-order valence-electron chi connectivity index (χ4n) is 3.72.